The average Bonchev–Trinajstić information content (AvgIpc) is 3.03. The van der Waals surface area contributed by atoms with Gasteiger partial charge in [-0.25, -0.2) is 0 Å². The van der Waals surface area contributed by atoms with Gasteiger partial charge in [-0.1, -0.05) is 30.3 Å². The van der Waals surface area contributed by atoms with E-state index in [-0.39, 0.29) is 12.0 Å². The van der Waals surface area contributed by atoms with Gasteiger partial charge in [0.1, 0.15) is 17.4 Å². The summed E-state index contributed by atoms with van der Waals surface area (Å²) in [6.07, 6.45) is 1.67. The SMILES string of the molecule is COC(=O)[C@@H]1/C(=C/Oc2ccc(OC)cc2)CN(C)[C@H]1c1ccccc1. The Balaban J connectivity index is 1.86. The molecule has 0 bridgehead atoms. The summed E-state index contributed by atoms with van der Waals surface area (Å²) in [5, 5.41) is 0. The van der Waals surface area contributed by atoms with Crippen molar-refractivity contribution >= 4 is 5.97 Å². The molecule has 1 aliphatic heterocycles. The smallest absolute Gasteiger partial charge is 0.314 e. The largest absolute Gasteiger partial charge is 0.497 e. The molecule has 2 atom stereocenters. The third-order valence-electron chi connectivity index (χ3n) is 4.62. The van der Waals surface area contributed by atoms with Gasteiger partial charge < -0.3 is 14.2 Å². The van der Waals surface area contributed by atoms with Crippen LogP contribution in [0, 0.1) is 5.92 Å². The van der Waals surface area contributed by atoms with Gasteiger partial charge in [-0.05, 0) is 42.4 Å². The van der Waals surface area contributed by atoms with Crippen molar-refractivity contribution in [3.63, 3.8) is 0 Å². The van der Waals surface area contributed by atoms with Crippen LogP contribution in [-0.4, -0.2) is 38.7 Å². The molecule has 5 nitrogen and oxygen atoms in total. The zero-order chi connectivity index (χ0) is 18.5. The molecule has 1 saturated heterocycles. The highest BCUT2D eigenvalue weighted by Gasteiger charge is 2.42. The van der Waals surface area contributed by atoms with Crippen molar-refractivity contribution in [1.82, 2.24) is 4.90 Å². The molecule has 0 aromatic heterocycles. The minimum atomic E-state index is -0.398. The lowest BCUT2D eigenvalue weighted by atomic mass is 9.91. The first-order valence-corrected chi connectivity index (χ1v) is 8.46. The van der Waals surface area contributed by atoms with Gasteiger partial charge in [-0.2, -0.15) is 0 Å². The van der Waals surface area contributed by atoms with Gasteiger partial charge in [0.2, 0.25) is 0 Å². The van der Waals surface area contributed by atoms with Crippen LogP contribution < -0.4 is 9.47 Å². The van der Waals surface area contributed by atoms with Crippen LogP contribution >= 0.6 is 0 Å². The molecule has 0 N–H and O–H groups in total. The van der Waals surface area contributed by atoms with E-state index >= 15 is 0 Å². The summed E-state index contributed by atoms with van der Waals surface area (Å²) in [5.74, 6) is 0.799. The topological polar surface area (TPSA) is 48.0 Å². The Morgan fingerprint density at radius 1 is 1.04 bits per heavy atom. The van der Waals surface area contributed by atoms with Crippen LogP contribution in [0.25, 0.3) is 0 Å². The average molecular weight is 353 g/mol. The molecule has 2 aromatic rings. The Morgan fingerprint density at radius 2 is 1.69 bits per heavy atom. The van der Waals surface area contributed by atoms with Crippen molar-refractivity contribution < 1.29 is 19.0 Å². The van der Waals surface area contributed by atoms with Gasteiger partial charge in [-0.15, -0.1) is 0 Å². The molecule has 2 aromatic carbocycles. The van der Waals surface area contributed by atoms with Gasteiger partial charge in [0.25, 0.3) is 0 Å². The van der Waals surface area contributed by atoms with Crippen LogP contribution in [0.4, 0.5) is 0 Å². The van der Waals surface area contributed by atoms with Gasteiger partial charge in [0, 0.05) is 6.54 Å². The predicted molar refractivity (Wildman–Crippen MR) is 99.0 cm³/mol. The fraction of sp³-hybridized carbons (Fsp3) is 0.286. The fourth-order valence-corrected chi connectivity index (χ4v) is 3.35. The summed E-state index contributed by atoms with van der Waals surface area (Å²) in [6, 6.07) is 17.2. The molecule has 0 amide bonds. The third kappa shape index (κ3) is 3.73. The lowest BCUT2D eigenvalue weighted by molar-refractivity contribution is -0.145. The lowest BCUT2D eigenvalue weighted by Gasteiger charge is -2.23. The second-order valence-electron chi connectivity index (χ2n) is 6.26. The number of hydrogen-bond donors (Lipinski definition) is 0. The standard InChI is InChI=1S/C21H23NO4/c1-22-13-16(14-26-18-11-9-17(24-2)10-12-18)19(21(23)25-3)20(22)15-7-5-4-6-8-15/h4-12,14,19-20H,13H2,1-3H3/b16-14+/t19-,20+/m1/s1. The molecule has 136 valence electrons. The van der Waals surface area contributed by atoms with Crippen molar-refractivity contribution in [3.8, 4) is 11.5 Å². The first kappa shape index (κ1) is 18.0. The van der Waals surface area contributed by atoms with Crippen LogP contribution in [0.3, 0.4) is 0 Å². The monoisotopic (exact) mass is 353 g/mol. The van der Waals surface area contributed by atoms with Crippen molar-refractivity contribution in [2.45, 2.75) is 6.04 Å². The molecule has 0 radical (unpaired) electrons. The number of methoxy groups -OCH3 is 2. The van der Waals surface area contributed by atoms with Gasteiger partial charge in [0.05, 0.1) is 26.5 Å². The first-order valence-electron chi connectivity index (χ1n) is 8.46. The Labute approximate surface area is 153 Å². The molecular formula is C21H23NO4. The maximum absolute atomic E-state index is 12.5. The van der Waals surface area contributed by atoms with E-state index in [0.29, 0.717) is 12.3 Å². The maximum atomic E-state index is 12.5. The number of esters is 1. The molecule has 3 rings (SSSR count). The number of likely N-dealkylation sites (N-methyl/N-ethyl adjacent to an activating group) is 1. The number of rotatable bonds is 5. The molecular weight excluding hydrogens is 330 g/mol. The molecule has 26 heavy (non-hydrogen) atoms. The van der Waals surface area contributed by atoms with Gasteiger partial charge in [0.15, 0.2) is 0 Å². The summed E-state index contributed by atoms with van der Waals surface area (Å²) in [5.41, 5.74) is 1.97. The Hall–Kier alpha value is -2.79. The van der Waals surface area contributed by atoms with Crippen LogP contribution in [0.2, 0.25) is 0 Å². The highest BCUT2D eigenvalue weighted by Crippen LogP contribution is 2.40. The Bertz CT molecular complexity index is 770. The Morgan fingerprint density at radius 3 is 2.31 bits per heavy atom. The summed E-state index contributed by atoms with van der Waals surface area (Å²) < 4.78 is 16.0. The van der Waals surface area contributed by atoms with Crippen molar-refractivity contribution in [3.05, 3.63) is 72.0 Å². The van der Waals surface area contributed by atoms with E-state index in [1.807, 2.05) is 61.6 Å². The number of ether oxygens (including phenoxy) is 3. The summed E-state index contributed by atoms with van der Waals surface area (Å²) in [7, 11) is 5.05. The van der Waals surface area contributed by atoms with Crippen LogP contribution in [0.15, 0.2) is 66.4 Å². The number of likely N-dealkylation sites (tertiary alicyclic amines) is 1. The molecule has 5 heteroatoms. The van der Waals surface area contributed by atoms with Crippen LogP contribution in [0.5, 0.6) is 11.5 Å². The molecule has 0 spiro atoms. The highest BCUT2D eigenvalue weighted by molar-refractivity contribution is 5.78. The molecule has 1 fully saturated rings. The molecule has 0 aliphatic carbocycles. The van der Waals surface area contributed by atoms with Crippen molar-refractivity contribution in [2.24, 2.45) is 5.92 Å². The quantitative estimate of drug-likeness (QED) is 0.609. The lowest BCUT2D eigenvalue weighted by Crippen LogP contribution is -2.26. The van der Waals surface area contributed by atoms with E-state index in [0.717, 1.165) is 16.9 Å². The zero-order valence-corrected chi connectivity index (χ0v) is 15.2. The molecule has 0 saturated carbocycles. The van der Waals surface area contributed by atoms with E-state index < -0.39 is 5.92 Å². The van der Waals surface area contributed by atoms with E-state index in [4.69, 9.17) is 14.2 Å². The number of carbonyl (C=O) groups is 1. The minimum Gasteiger partial charge on any atom is -0.497 e. The van der Waals surface area contributed by atoms with E-state index in [2.05, 4.69) is 4.90 Å². The highest BCUT2D eigenvalue weighted by atomic mass is 16.5. The van der Waals surface area contributed by atoms with E-state index in [1.54, 1.807) is 13.4 Å². The van der Waals surface area contributed by atoms with Crippen molar-refractivity contribution in [2.75, 3.05) is 27.8 Å². The first-order chi connectivity index (χ1) is 12.6. The normalized spacial score (nSPS) is 21.6. The Kier molecular flexibility index (Phi) is 5.58. The second-order valence-corrected chi connectivity index (χ2v) is 6.26. The fourth-order valence-electron chi connectivity index (χ4n) is 3.35. The number of benzene rings is 2. The van der Waals surface area contributed by atoms with Gasteiger partial charge in [-0.3, -0.25) is 9.69 Å². The van der Waals surface area contributed by atoms with E-state index in [9.17, 15) is 4.79 Å². The molecule has 0 unspecified atom stereocenters. The van der Waals surface area contributed by atoms with Gasteiger partial charge >= 0.3 is 5.97 Å². The molecule has 1 heterocycles. The van der Waals surface area contributed by atoms with Crippen LogP contribution in [0.1, 0.15) is 11.6 Å². The minimum absolute atomic E-state index is 0.0747. The maximum Gasteiger partial charge on any atom is 0.314 e. The summed E-state index contributed by atoms with van der Waals surface area (Å²) >= 11 is 0. The molecule has 1 aliphatic rings. The second kappa shape index (κ2) is 8.06. The number of nitrogens with zero attached hydrogens (tertiary/aromatic N) is 1. The number of carbonyl (C=O) groups excluding carboxylic acids is 1. The number of hydrogen-bond acceptors (Lipinski definition) is 5. The predicted octanol–water partition coefficient (Wildman–Crippen LogP) is 3.43. The third-order valence-corrected chi connectivity index (χ3v) is 4.62. The van der Waals surface area contributed by atoms with E-state index in [1.165, 1.54) is 7.11 Å². The zero-order valence-electron chi connectivity index (χ0n) is 15.2. The summed E-state index contributed by atoms with van der Waals surface area (Å²) in [6.45, 7) is 0.634. The summed E-state index contributed by atoms with van der Waals surface area (Å²) in [4.78, 5) is 14.6. The van der Waals surface area contributed by atoms with Crippen LogP contribution in [-0.2, 0) is 9.53 Å². The van der Waals surface area contributed by atoms with Crippen molar-refractivity contribution in [1.29, 1.82) is 0 Å².